The summed E-state index contributed by atoms with van der Waals surface area (Å²) in [5.74, 6) is -0.00333. The molecule has 0 radical (unpaired) electrons. The normalized spacial score (nSPS) is 10.3. The molecule has 0 saturated heterocycles. The highest BCUT2D eigenvalue weighted by Gasteiger charge is 2.09. The van der Waals surface area contributed by atoms with Crippen molar-refractivity contribution >= 4 is 5.91 Å². The van der Waals surface area contributed by atoms with Crippen molar-refractivity contribution in [3.05, 3.63) is 29.3 Å². The summed E-state index contributed by atoms with van der Waals surface area (Å²) in [5.41, 5.74) is 3.95. The summed E-state index contributed by atoms with van der Waals surface area (Å²) in [6.07, 6.45) is 0. The molecule has 4 nitrogen and oxygen atoms in total. The SMILES string of the molecule is Cc1cc(O)ccc1C(=O)NN(C)C. The lowest BCUT2D eigenvalue weighted by Gasteiger charge is -2.13. The highest BCUT2D eigenvalue weighted by atomic mass is 16.3. The lowest BCUT2D eigenvalue weighted by atomic mass is 10.1. The first-order valence-corrected chi connectivity index (χ1v) is 4.28. The van der Waals surface area contributed by atoms with E-state index >= 15 is 0 Å². The number of hydrogen-bond donors (Lipinski definition) is 2. The zero-order chi connectivity index (χ0) is 10.7. The number of carbonyl (C=O) groups is 1. The maximum Gasteiger partial charge on any atom is 0.265 e. The molecule has 0 aromatic heterocycles. The largest absolute Gasteiger partial charge is 0.508 e. The number of aromatic hydroxyl groups is 1. The summed E-state index contributed by atoms with van der Waals surface area (Å²) >= 11 is 0. The summed E-state index contributed by atoms with van der Waals surface area (Å²) in [6.45, 7) is 1.78. The van der Waals surface area contributed by atoms with Crippen LogP contribution in [-0.2, 0) is 0 Å². The molecule has 0 aliphatic carbocycles. The second kappa shape index (κ2) is 4.11. The number of nitrogens with one attached hydrogen (secondary N) is 1. The van der Waals surface area contributed by atoms with Crippen LogP contribution in [0, 0.1) is 6.92 Å². The van der Waals surface area contributed by atoms with Gasteiger partial charge in [0.05, 0.1) is 0 Å². The van der Waals surface area contributed by atoms with E-state index in [1.54, 1.807) is 38.2 Å². The van der Waals surface area contributed by atoms with E-state index in [-0.39, 0.29) is 11.7 Å². The first kappa shape index (κ1) is 10.5. The molecule has 0 bridgehead atoms. The van der Waals surface area contributed by atoms with Crippen LogP contribution in [0.1, 0.15) is 15.9 Å². The zero-order valence-corrected chi connectivity index (χ0v) is 8.53. The van der Waals surface area contributed by atoms with Crippen LogP contribution in [-0.4, -0.2) is 30.1 Å². The Hall–Kier alpha value is -1.55. The minimum Gasteiger partial charge on any atom is -0.508 e. The van der Waals surface area contributed by atoms with Crippen LogP contribution < -0.4 is 5.43 Å². The molecular weight excluding hydrogens is 180 g/mol. The quantitative estimate of drug-likeness (QED) is 0.688. The number of hydrazine groups is 1. The number of nitrogens with zero attached hydrogens (tertiary/aromatic N) is 1. The van der Waals surface area contributed by atoms with Crippen molar-refractivity contribution in [2.24, 2.45) is 0 Å². The zero-order valence-electron chi connectivity index (χ0n) is 8.53. The maximum atomic E-state index is 11.6. The van der Waals surface area contributed by atoms with Crippen LogP contribution >= 0.6 is 0 Å². The number of amides is 1. The second-order valence-corrected chi connectivity index (χ2v) is 3.33. The smallest absolute Gasteiger partial charge is 0.265 e. The fourth-order valence-corrected chi connectivity index (χ4v) is 1.17. The van der Waals surface area contributed by atoms with E-state index in [1.165, 1.54) is 6.07 Å². The minimum atomic E-state index is -0.174. The summed E-state index contributed by atoms with van der Waals surface area (Å²) in [5, 5.41) is 10.7. The Labute approximate surface area is 83.1 Å². The fourth-order valence-electron chi connectivity index (χ4n) is 1.17. The third kappa shape index (κ3) is 2.47. The second-order valence-electron chi connectivity index (χ2n) is 3.33. The van der Waals surface area contributed by atoms with E-state index in [0.717, 1.165) is 5.56 Å². The standard InChI is InChI=1S/C10H14N2O2/c1-7-6-8(13)4-5-9(7)10(14)11-12(2)3/h4-6,13H,1-3H3,(H,11,14). The molecule has 0 heterocycles. The third-order valence-electron chi connectivity index (χ3n) is 1.78. The molecule has 1 aromatic carbocycles. The monoisotopic (exact) mass is 194 g/mol. The Balaban J connectivity index is 2.90. The Morgan fingerprint density at radius 3 is 2.57 bits per heavy atom. The van der Waals surface area contributed by atoms with Gasteiger partial charge in [-0.05, 0) is 30.7 Å². The van der Waals surface area contributed by atoms with Crippen molar-refractivity contribution in [3.8, 4) is 5.75 Å². The molecule has 76 valence electrons. The number of rotatable bonds is 2. The predicted octanol–water partition coefficient (Wildman–Crippen LogP) is 0.907. The molecule has 14 heavy (non-hydrogen) atoms. The van der Waals surface area contributed by atoms with Crippen LogP contribution in [0.25, 0.3) is 0 Å². The highest BCUT2D eigenvalue weighted by Crippen LogP contribution is 2.15. The summed E-state index contributed by atoms with van der Waals surface area (Å²) in [7, 11) is 3.49. The van der Waals surface area contributed by atoms with Gasteiger partial charge in [0.15, 0.2) is 0 Å². The maximum absolute atomic E-state index is 11.6. The molecule has 0 atom stereocenters. The van der Waals surface area contributed by atoms with Crippen LogP contribution in [0.3, 0.4) is 0 Å². The fraction of sp³-hybridized carbons (Fsp3) is 0.300. The van der Waals surface area contributed by atoms with Gasteiger partial charge >= 0.3 is 0 Å². The minimum absolute atomic E-state index is 0.170. The Morgan fingerprint density at radius 2 is 2.07 bits per heavy atom. The first-order valence-electron chi connectivity index (χ1n) is 4.28. The number of aryl methyl sites for hydroxylation is 1. The lowest BCUT2D eigenvalue weighted by molar-refractivity contribution is 0.0856. The average molecular weight is 194 g/mol. The molecule has 0 fully saturated rings. The van der Waals surface area contributed by atoms with E-state index < -0.39 is 0 Å². The van der Waals surface area contributed by atoms with Gasteiger partial charge in [0.25, 0.3) is 5.91 Å². The predicted molar refractivity (Wildman–Crippen MR) is 54.0 cm³/mol. The van der Waals surface area contributed by atoms with Gasteiger partial charge in [-0.2, -0.15) is 0 Å². The van der Waals surface area contributed by atoms with E-state index in [2.05, 4.69) is 5.43 Å². The summed E-state index contributed by atoms with van der Waals surface area (Å²) in [6, 6.07) is 4.66. The van der Waals surface area contributed by atoms with Gasteiger partial charge in [-0.3, -0.25) is 10.2 Å². The average Bonchev–Trinajstić information content (AvgIpc) is 2.01. The van der Waals surface area contributed by atoms with Crippen molar-refractivity contribution in [2.75, 3.05) is 14.1 Å². The summed E-state index contributed by atoms with van der Waals surface area (Å²) in [4.78, 5) is 11.6. The van der Waals surface area contributed by atoms with E-state index in [0.29, 0.717) is 5.56 Å². The van der Waals surface area contributed by atoms with Gasteiger partial charge < -0.3 is 5.11 Å². The van der Waals surface area contributed by atoms with Crippen molar-refractivity contribution in [3.63, 3.8) is 0 Å². The molecule has 0 aliphatic heterocycles. The highest BCUT2D eigenvalue weighted by molar-refractivity contribution is 5.95. The molecule has 0 spiro atoms. The van der Waals surface area contributed by atoms with Crippen molar-refractivity contribution in [1.82, 2.24) is 10.4 Å². The number of hydrogen-bond acceptors (Lipinski definition) is 3. The molecule has 0 unspecified atom stereocenters. The van der Waals surface area contributed by atoms with Crippen molar-refractivity contribution in [1.29, 1.82) is 0 Å². The molecule has 4 heteroatoms. The number of phenols is 1. The van der Waals surface area contributed by atoms with Gasteiger partial charge in [-0.1, -0.05) is 0 Å². The molecule has 1 rings (SSSR count). The molecule has 1 amide bonds. The topological polar surface area (TPSA) is 52.6 Å². The van der Waals surface area contributed by atoms with Crippen LogP contribution in [0.15, 0.2) is 18.2 Å². The van der Waals surface area contributed by atoms with Crippen LogP contribution in [0.4, 0.5) is 0 Å². The summed E-state index contributed by atoms with van der Waals surface area (Å²) < 4.78 is 0. The number of phenolic OH excluding ortho intramolecular Hbond substituents is 1. The van der Waals surface area contributed by atoms with E-state index in [9.17, 15) is 4.79 Å². The van der Waals surface area contributed by atoms with Gasteiger partial charge in [0.1, 0.15) is 5.75 Å². The number of benzene rings is 1. The lowest BCUT2D eigenvalue weighted by Crippen LogP contribution is -2.36. The van der Waals surface area contributed by atoms with Gasteiger partial charge in [0.2, 0.25) is 0 Å². The Bertz CT molecular complexity index is 348. The van der Waals surface area contributed by atoms with Crippen LogP contribution in [0.2, 0.25) is 0 Å². The van der Waals surface area contributed by atoms with Crippen molar-refractivity contribution < 1.29 is 9.90 Å². The number of carbonyl (C=O) groups excluding carboxylic acids is 1. The Morgan fingerprint density at radius 1 is 1.43 bits per heavy atom. The molecule has 1 aromatic rings. The van der Waals surface area contributed by atoms with Gasteiger partial charge in [-0.15, -0.1) is 0 Å². The van der Waals surface area contributed by atoms with Crippen LogP contribution in [0.5, 0.6) is 5.75 Å². The van der Waals surface area contributed by atoms with E-state index in [4.69, 9.17) is 5.11 Å². The first-order chi connectivity index (χ1) is 6.50. The molecule has 0 aliphatic rings. The molecule has 2 N–H and O–H groups in total. The van der Waals surface area contributed by atoms with Crippen molar-refractivity contribution in [2.45, 2.75) is 6.92 Å². The van der Waals surface area contributed by atoms with E-state index in [1.807, 2.05) is 0 Å². The third-order valence-corrected chi connectivity index (χ3v) is 1.78. The van der Waals surface area contributed by atoms with Gasteiger partial charge in [0, 0.05) is 19.7 Å². The molecular formula is C10H14N2O2. The molecule has 0 saturated carbocycles. The van der Waals surface area contributed by atoms with Gasteiger partial charge in [-0.25, -0.2) is 5.01 Å². The Kier molecular flexibility index (Phi) is 3.09.